The molecule has 25 heavy (non-hydrogen) atoms. The Morgan fingerprint density at radius 1 is 1.08 bits per heavy atom. The van der Waals surface area contributed by atoms with E-state index in [-0.39, 0.29) is 16.8 Å². The van der Waals surface area contributed by atoms with Crippen LogP contribution >= 0.6 is 0 Å². The highest BCUT2D eigenvalue weighted by Crippen LogP contribution is 2.16. The lowest BCUT2D eigenvalue weighted by atomic mass is 10.0. The van der Waals surface area contributed by atoms with Gasteiger partial charge in [-0.05, 0) is 42.7 Å². The molecule has 0 fully saturated rings. The van der Waals surface area contributed by atoms with Crippen molar-refractivity contribution in [3.05, 3.63) is 65.2 Å². The molecule has 0 heterocycles. The summed E-state index contributed by atoms with van der Waals surface area (Å²) in [4.78, 5) is 12.5. The summed E-state index contributed by atoms with van der Waals surface area (Å²) in [5.74, 6) is -0.305. The smallest absolute Gasteiger partial charge is 0.251 e. The molecular formula is C19H24N2O3S. The molecule has 0 radical (unpaired) electrons. The number of amides is 1. The van der Waals surface area contributed by atoms with Gasteiger partial charge in [-0.2, -0.15) is 0 Å². The Kier molecular flexibility index (Phi) is 6.33. The number of nitrogens with one attached hydrogen (secondary N) is 2. The molecule has 2 rings (SSSR count). The Hall–Kier alpha value is -2.18. The van der Waals surface area contributed by atoms with E-state index in [0.29, 0.717) is 12.1 Å². The molecule has 2 aromatic rings. The zero-order valence-corrected chi connectivity index (χ0v) is 15.6. The summed E-state index contributed by atoms with van der Waals surface area (Å²) in [6, 6.07) is 13.9. The van der Waals surface area contributed by atoms with Gasteiger partial charge in [0.1, 0.15) is 0 Å². The van der Waals surface area contributed by atoms with Crippen molar-refractivity contribution in [3.8, 4) is 0 Å². The second kappa shape index (κ2) is 8.27. The Labute approximate surface area is 149 Å². The van der Waals surface area contributed by atoms with Crippen LogP contribution in [0.5, 0.6) is 0 Å². The fourth-order valence-electron chi connectivity index (χ4n) is 2.48. The third kappa shape index (κ3) is 4.90. The molecule has 0 aliphatic rings. The number of aryl methyl sites for hydroxylation is 1. The highest BCUT2D eigenvalue weighted by molar-refractivity contribution is 7.89. The molecule has 2 aromatic carbocycles. The van der Waals surface area contributed by atoms with E-state index in [1.165, 1.54) is 17.7 Å². The van der Waals surface area contributed by atoms with Crippen molar-refractivity contribution < 1.29 is 13.2 Å². The Morgan fingerprint density at radius 2 is 1.76 bits per heavy atom. The van der Waals surface area contributed by atoms with E-state index in [9.17, 15) is 13.2 Å². The lowest BCUT2D eigenvalue weighted by molar-refractivity contribution is 0.0939. The number of carbonyl (C=O) groups is 1. The maximum Gasteiger partial charge on any atom is 0.251 e. The number of rotatable bonds is 7. The zero-order valence-electron chi connectivity index (χ0n) is 14.7. The first-order valence-corrected chi connectivity index (χ1v) is 9.85. The number of hydrogen-bond acceptors (Lipinski definition) is 3. The van der Waals surface area contributed by atoms with Gasteiger partial charge in [-0.15, -0.1) is 0 Å². The maximum absolute atomic E-state index is 12.5. The summed E-state index contributed by atoms with van der Waals surface area (Å²) >= 11 is 0. The summed E-state index contributed by atoms with van der Waals surface area (Å²) in [5.41, 5.74) is 2.56. The molecule has 134 valence electrons. The molecule has 2 N–H and O–H groups in total. The van der Waals surface area contributed by atoms with Crippen molar-refractivity contribution in [2.45, 2.75) is 38.1 Å². The van der Waals surface area contributed by atoms with Crippen LogP contribution in [0.15, 0.2) is 53.4 Å². The first-order valence-electron chi connectivity index (χ1n) is 8.36. The summed E-state index contributed by atoms with van der Waals surface area (Å²) in [6.45, 7) is 6.00. The minimum atomic E-state index is -3.58. The van der Waals surface area contributed by atoms with E-state index < -0.39 is 10.0 Å². The number of carbonyl (C=O) groups excluding carboxylic acids is 1. The van der Waals surface area contributed by atoms with Crippen LogP contribution in [-0.2, 0) is 16.4 Å². The number of hydrogen-bond donors (Lipinski definition) is 2. The fraction of sp³-hybridized carbons (Fsp3) is 0.316. The molecule has 0 aromatic heterocycles. The van der Waals surface area contributed by atoms with Crippen LogP contribution in [0.25, 0.3) is 0 Å². The van der Waals surface area contributed by atoms with Gasteiger partial charge in [0.15, 0.2) is 0 Å². The molecule has 0 aliphatic carbocycles. The highest BCUT2D eigenvalue weighted by atomic mass is 32.2. The van der Waals surface area contributed by atoms with Gasteiger partial charge in [0, 0.05) is 12.1 Å². The monoisotopic (exact) mass is 360 g/mol. The van der Waals surface area contributed by atoms with Gasteiger partial charge in [0.25, 0.3) is 5.91 Å². The summed E-state index contributed by atoms with van der Waals surface area (Å²) in [6.07, 6.45) is 0.966. The Bertz CT molecular complexity index is 830. The molecule has 6 heteroatoms. The topological polar surface area (TPSA) is 75.3 Å². The minimum Gasteiger partial charge on any atom is -0.346 e. The summed E-state index contributed by atoms with van der Waals surface area (Å²) < 4.78 is 26.6. The summed E-state index contributed by atoms with van der Waals surface area (Å²) in [7, 11) is -3.58. The zero-order chi connectivity index (χ0) is 18.4. The van der Waals surface area contributed by atoms with Gasteiger partial charge < -0.3 is 5.32 Å². The minimum absolute atomic E-state index is 0.0851. The van der Waals surface area contributed by atoms with Gasteiger partial charge in [-0.3, -0.25) is 4.79 Å². The molecule has 0 saturated carbocycles. The molecule has 0 spiro atoms. The average Bonchev–Trinajstić information content (AvgIpc) is 2.61. The average molecular weight is 360 g/mol. The van der Waals surface area contributed by atoms with E-state index in [1.54, 1.807) is 19.1 Å². The highest BCUT2D eigenvalue weighted by Gasteiger charge is 2.16. The Balaban J connectivity index is 2.15. The largest absolute Gasteiger partial charge is 0.346 e. The fourth-order valence-corrected chi connectivity index (χ4v) is 3.57. The molecule has 5 nitrogen and oxygen atoms in total. The first kappa shape index (κ1) is 19.1. The third-order valence-electron chi connectivity index (χ3n) is 3.98. The van der Waals surface area contributed by atoms with Gasteiger partial charge >= 0.3 is 0 Å². The molecule has 1 amide bonds. The van der Waals surface area contributed by atoms with E-state index >= 15 is 0 Å². The molecule has 0 aliphatic heterocycles. The van der Waals surface area contributed by atoms with E-state index in [4.69, 9.17) is 0 Å². The van der Waals surface area contributed by atoms with Crippen LogP contribution in [0, 0.1) is 0 Å². The number of benzene rings is 2. The van der Waals surface area contributed by atoms with Crippen molar-refractivity contribution >= 4 is 15.9 Å². The van der Waals surface area contributed by atoms with Crippen molar-refractivity contribution in [2.75, 3.05) is 6.54 Å². The van der Waals surface area contributed by atoms with Crippen LogP contribution in [0.2, 0.25) is 0 Å². The molecule has 1 atom stereocenters. The second-order valence-electron chi connectivity index (χ2n) is 5.82. The van der Waals surface area contributed by atoms with Crippen LogP contribution in [0.3, 0.4) is 0 Å². The normalized spacial score (nSPS) is 12.6. The van der Waals surface area contributed by atoms with Crippen molar-refractivity contribution in [2.24, 2.45) is 0 Å². The molecule has 0 saturated heterocycles. The summed E-state index contributed by atoms with van der Waals surface area (Å²) in [5, 5.41) is 2.91. The maximum atomic E-state index is 12.5. The SMILES string of the molecule is CCNS(=O)(=O)c1cccc(C(=O)NC(C)c2ccc(CC)cc2)c1. The van der Waals surface area contributed by atoms with Crippen LogP contribution in [0.1, 0.15) is 48.3 Å². The standard InChI is InChI=1S/C19H24N2O3S/c1-4-15-9-11-16(12-10-15)14(3)21-19(22)17-7-6-8-18(13-17)25(23,24)20-5-2/h6-14,20H,4-5H2,1-3H3,(H,21,22). The van der Waals surface area contributed by atoms with Crippen molar-refractivity contribution in [1.82, 2.24) is 10.0 Å². The van der Waals surface area contributed by atoms with Gasteiger partial charge in [0.05, 0.1) is 10.9 Å². The lowest BCUT2D eigenvalue weighted by Crippen LogP contribution is -2.27. The van der Waals surface area contributed by atoms with Crippen molar-refractivity contribution in [3.63, 3.8) is 0 Å². The molecule has 0 bridgehead atoms. The van der Waals surface area contributed by atoms with Gasteiger partial charge in [-0.25, -0.2) is 13.1 Å². The third-order valence-corrected chi connectivity index (χ3v) is 5.52. The quantitative estimate of drug-likeness (QED) is 0.797. The van der Waals surface area contributed by atoms with Crippen LogP contribution in [-0.4, -0.2) is 20.9 Å². The lowest BCUT2D eigenvalue weighted by Gasteiger charge is -2.15. The molecule has 1 unspecified atom stereocenters. The number of sulfonamides is 1. The predicted octanol–water partition coefficient (Wildman–Crippen LogP) is 3.04. The van der Waals surface area contributed by atoms with E-state index in [0.717, 1.165) is 12.0 Å². The second-order valence-corrected chi connectivity index (χ2v) is 7.59. The van der Waals surface area contributed by atoms with Crippen LogP contribution < -0.4 is 10.0 Å². The van der Waals surface area contributed by atoms with Crippen LogP contribution in [0.4, 0.5) is 0 Å². The van der Waals surface area contributed by atoms with E-state index in [2.05, 4.69) is 17.0 Å². The molecular weight excluding hydrogens is 336 g/mol. The van der Waals surface area contributed by atoms with E-state index in [1.807, 2.05) is 31.2 Å². The van der Waals surface area contributed by atoms with Gasteiger partial charge in [-0.1, -0.05) is 44.2 Å². The predicted molar refractivity (Wildman–Crippen MR) is 99.0 cm³/mol. The first-order chi connectivity index (χ1) is 11.9. The van der Waals surface area contributed by atoms with Crippen molar-refractivity contribution in [1.29, 1.82) is 0 Å². The van der Waals surface area contributed by atoms with Gasteiger partial charge in [0.2, 0.25) is 10.0 Å². The Morgan fingerprint density at radius 3 is 2.36 bits per heavy atom.